The molecule has 0 N–H and O–H groups in total. The highest BCUT2D eigenvalue weighted by Crippen LogP contribution is 2.22. The average molecular weight is 269 g/mol. The summed E-state index contributed by atoms with van der Waals surface area (Å²) in [5, 5.41) is 11.0. The van der Waals surface area contributed by atoms with Crippen molar-refractivity contribution in [2.24, 2.45) is 0 Å². The smallest absolute Gasteiger partial charge is 0.273 e. The third-order valence-corrected chi connectivity index (χ3v) is 3.30. The molecule has 2 aromatic rings. The van der Waals surface area contributed by atoms with Crippen LogP contribution in [0.25, 0.3) is 0 Å². The van der Waals surface area contributed by atoms with Crippen molar-refractivity contribution in [3.05, 3.63) is 74.8 Å². The van der Waals surface area contributed by atoms with Crippen LogP contribution in [0.4, 0.5) is 5.69 Å². The highest BCUT2D eigenvalue weighted by atomic mass is 16.6. The monoisotopic (exact) mass is 269 g/mol. The Bertz CT molecular complexity index is 657. The summed E-state index contributed by atoms with van der Waals surface area (Å²) in [6.45, 7) is 3.75. The lowest BCUT2D eigenvalue weighted by Crippen LogP contribution is -2.09. The molecule has 20 heavy (non-hydrogen) atoms. The molecule has 0 saturated heterocycles. The summed E-state index contributed by atoms with van der Waals surface area (Å²) in [5.74, 6) is -0.0881. The number of carbonyl (C=O) groups excluding carboxylic acids is 1. The molecule has 2 aromatic carbocycles. The summed E-state index contributed by atoms with van der Waals surface area (Å²) in [7, 11) is 0. The second-order valence-electron chi connectivity index (χ2n) is 4.75. The minimum Gasteiger partial charge on any atom is -0.294 e. The molecule has 0 aliphatic carbocycles. The number of Topliss-reactive ketones (excluding diaryl/α,β-unsaturated/α-hetero) is 1. The van der Waals surface area contributed by atoms with Crippen molar-refractivity contribution in [2.75, 3.05) is 0 Å². The van der Waals surface area contributed by atoms with E-state index < -0.39 is 4.92 Å². The molecule has 0 saturated carbocycles. The van der Waals surface area contributed by atoms with E-state index in [2.05, 4.69) is 0 Å². The van der Waals surface area contributed by atoms with E-state index in [1.54, 1.807) is 18.2 Å². The van der Waals surface area contributed by atoms with Gasteiger partial charge in [-0.3, -0.25) is 14.9 Å². The second kappa shape index (κ2) is 5.65. The van der Waals surface area contributed by atoms with Crippen molar-refractivity contribution in [2.45, 2.75) is 20.3 Å². The van der Waals surface area contributed by atoms with Crippen LogP contribution in [0, 0.1) is 24.0 Å². The van der Waals surface area contributed by atoms with E-state index >= 15 is 0 Å². The van der Waals surface area contributed by atoms with Gasteiger partial charge < -0.3 is 0 Å². The van der Waals surface area contributed by atoms with E-state index in [4.69, 9.17) is 0 Å². The lowest BCUT2D eigenvalue weighted by Gasteiger charge is -2.08. The number of nitrogens with zero attached hydrogens (tertiary/aromatic N) is 1. The molecule has 0 unspecified atom stereocenters. The minimum atomic E-state index is -0.451. The predicted octanol–water partition coefficient (Wildman–Crippen LogP) is 3.64. The van der Waals surface area contributed by atoms with Crippen LogP contribution in [0.2, 0.25) is 0 Å². The summed E-state index contributed by atoms with van der Waals surface area (Å²) in [6, 6.07) is 12.0. The van der Waals surface area contributed by atoms with Crippen molar-refractivity contribution >= 4 is 11.5 Å². The molecule has 0 radical (unpaired) electrons. The zero-order valence-electron chi connectivity index (χ0n) is 11.4. The third kappa shape index (κ3) is 2.74. The fourth-order valence-electron chi connectivity index (χ4n) is 2.35. The first kappa shape index (κ1) is 13.9. The molecule has 0 amide bonds. The first-order valence-corrected chi connectivity index (χ1v) is 6.32. The molecule has 0 aromatic heterocycles. The quantitative estimate of drug-likeness (QED) is 0.483. The molecule has 0 aliphatic heterocycles. The van der Waals surface area contributed by atoms with E-state index in [1.165, 1.54) is 6.07 Å². The third-order valence-electron chi connectivity index (χ3n) is 3.30. The number of rotatable bonds is 4. The van der Waals surface area contributed by atoms with Gasteiger partial charge in [0.25, 0.3) is 5.69 Å². The molecule has 0 heterocycles. The Morgan fingerprint density at radius 3 is 2.25 bits per heavy atom. The molecular formula is C16H15NO3. The molecule has 0 fully saturated rings. The first-order valence-electron chi connectivity index (χ1n) is 6.32. The van der Waals surface area contributed by atoms with E-state index in [9.17, 15) is 14.9 Å². The molecule has 0 atom stereocenters. The number of hydrogen-bond acceptors (Lipinski definition) is 3. The molecule has 2 rings (SSSR count). The fourth-order valence-corrected chi connectivity index (χ4v) is 2.35. The van der Waals surface area contributed by atoms with Crippen LogP contribution < -0.4 is 0 Å². The van der Waals surface area contributed by atoms with E-state index in [1.807, 2.05) is 32.0 Å². The maximum absolute atomic E-state index is 12.4. The predicted molar refractivity (Wildman–Crippen MR) is 77.0 cm³/mol. The molecule has 0 bridgehead atoms. The number of benzene rings is 2. The number of carbonyl (C=O) groups is 1. The summed E-state index contributed by atoms with van der Waals surface area (Å²) >= 11 is 0. The van der Waals surface area contributed by atoms with E-state index in [-0.39, 0.29) is 17.9 Å². The lowest BCUT2D eigenvalue weighted by molar-refractivity contribution is -0.385. The van der Waals surface area contributed by atoms with Gasteiger partial charge in [-0.05, 0) is 25.0 Å². The van der Waals surface area contributed by atoms with Gasteiger partial charge in [0.15, 0.2) is 5.78 Å². The zero-order valence-corrected chi connectivity index (χ0v) is 11.4. The van der Waals surface area contributed by atoms with Crippen LogP contribution in [0.15, 0.2) is 42.5 Å². The van der Waals surface area contributed by atoms with Gasteiger partial charge in [-0.15, -0.1) is 0 Å². The van der Waals surface area contributed by atoms with Gasteiger partial charge in [0, 0.05) is 23.6 Å². The van der Waals surface area contributed by atoms with Crippen LogP contribution in [0.1, 0.15) is 27.0 Å². The highest BCUT2D eigenvalue weighted by molar-refractivity contribution is 6.00. The van der Waals surface area contributed by atoms with E-state index in [0.29, 0.717) is 11.1 Å². The maximum Gasteiger partial charge on any atom is 0.273 e. The maximum atomic E-state index is 12.4. The number of hydrogen-bond donors (Lipinski definition) is 0. The Morgan fingerprint density at radius 2 is 1.65 bits per heavy atom. The fraction of sp³-hybridized carbons (Fsp3) is 0.188. The van der Waals surface area contributed by atoms with Gasteiger partial charge >= 0.3 is 0 Å². The van der Waals surface area contributed by atoms with Crippen LogP contribution in [0.5, 0.6) is 0 Å². The van der Waals surface area contributed by atoms with Crippen molar-refractivity contribution < 1.29 is 9.72 Å². The topological polar surface area (TPSA) is 60.2 Å². The SMILES string of the molecule is Cc1cccc(C)c1C(=O)Cc1ccccc1[N+](=O)[O-]. The zero-order chi connectivity index (χ0) is 14.7. The number of nitro benzene ring substituents is 1. The summed E-state index contributed by atoms with van der Waals surface area (Å²) in [6.07, 6.45) is 0.0445. The molecular weight excluding hydrogens is 254 g/mol. The van der Waals surface area contributed by atoms with Crippen molar-refractivity contribution in [3.63, 3.8) is 0 Å². The van der Waals surface area contributed by atoms with Crippen LogP contribution in [-0.4, -0.2) is 10.7 Å². The Hall–Kier alpha value is -2.49. The highest BCUT2D eigenvalue weighted by Gasteiger charge is 2.18. The molecule has 4 heteroatoms. The van der Waals surface area contributed by atoms with Crippen LogP contribution in [-0.2, 0) is 6.42 Å². The van der Waals surface area contributed by atoms with Gasteiger partial charge in [-0.1, -0.05) is 36.4 Å². The van der Waals surface area contributed by atoms with Crippen molar-refractivity contribution in [3.8, 4) is 0 Å². The normalized spacial score (nSPS) is 10.3. The van der Waals surface area contributed by atoms with Gasteiger partial charge in [0.05, 0.1) is 4.92 Å². The van der Waals surface area contributed by atoms with Gasteiger partial charge in [0.2, 0.25) is 0 Å². The number of aryl methyl sites for hydroxylation is 2. The number of nitro groups is 1. The Labute approximate surface area is 117 Å². The largest absolute Gasteiger partial charge is 0.294 e. The Kier molecular flexibility index (Phi) is 3.94. The number of ketones is 1. The van der Waals surface area contributed by atoms with Crippen LogP contribution >= 0.6 is 0 Å². The summed E-state index contributed by atoms with van der Waals surface area (Å²) in [4.78, 5) is 22.9. The summed E-state index contributed by atoms with van der Waals surface area (Å²) < 4.78 is 0. The molecule has 0 spiro atoms. The van der Waals surface area contributed by atoms with Gasteiger partial charge in [0.1, 0.15) is 0 Å². The minimum absolute atomic E-state index is 0.00733. The van der Waals surface area contributed by atoms with E-state index in [0.717, 1.165) is 11.1 Å². The van der Waals surface area contributed by atoms with Gasteiger partial charge in [-0.25, -0.2) is 0 Å². The standard InChI is InChI=1S/C16H15NO3/c1-11-6-5-7-12(2)16(11)15(18)10-13-8-3-4-9-14(13)17(19)20/h3-9H,10H2,1-2H3. The van der Waals surface area contributed by atoms with Crippen LogP contribution in [0.3, 0.4) is 0 Å². The average Bonchev–Trinajstić information content (AvgIpc) is 2.38. The summed E-state index contributed by atoms with van der Waals surface area (Å²) in [5.41, 5.74) is 2.89. The first-order chi connectivity index (χ1) is 9.50. The van der Waals surface area contributed by atoms with Crippen molar-refractivity contribution in [1.29, 1.82) is 0 Å². The molecule has 0 aliphatic rings. The van der Waals surface area contributed by atoms with Gasteiger partial charge in [-0.2, -0.15) is 0 Å². The number of para-hydroxylation sites is 1. The Balaban J connectivity index is 2.36. The lowest BCUT2D eigenvalue weighted by atomic mass is 9.95. The van der Waals surface area contributed by atoms with Crippen molar-refractivity contribution in [1.82, 2.24) is 0 Å². The molecule has 4 nitrogen and oxygen atoms in total. The Morgan fingerprint density at radius 1 is 1.05 bits per heavy atom. The second-order valence-corrected chi connectivity index (χ2v) is 4.75. The molecule has 102 valence electrons.